The van der Waals surface area contributed by atoms with E-state index in [9.17, 15) is 4.79 Å². The van der Waals surface area contributed by atoms with Crippen LogP contribution in [0.25, 0.3) is 0 Å². The first-order valence-corrected chi connectivity index (χ1v) is 6.15. The van der Waals surface area contributed by atoms with E-state index >= 15 is 0 Å². The quantitative estimate of drug-likeness (QED) is 0.936. The second-order valence-corrected chi connectivity index (χ2v) is 4.63. The maximum absolute atomic E-state index is 11.0. The monoisotopic (exact) mass is 306 g/mol. The van der Waals surface area contributed by atoms with Crippen LogP contribution in [0.3, 0.4) is 0 Å². The Kier molecular flexibility index (Phi) is 3.99. The van der Waals surface area contributed by atoms with Gasteiger partial charge in [-0.2, -0.15) is 0 Å². The van der Waals surface area contributed by atoms with Gasteiger partial charge < -0.3 is 9.84 Å². The molecule has 1 N–H and O–H groups in total. The first kappa shape index (κ1) is 12.6. The van der Waals surface area contributed by atoms with Crippen molar-refractivity contribution in [2.24, 2.45) is 0 Å². The first-order valence-electron chi connectivity index (χ1n) is 5.36. The average molecular weight is 307 g/mol. The molecule has 0 aliphatic carbocycles. The second-order valence-electron chi connectivity index (χ2n) is 3.72. The fourth-order valence-corrected chi connectivity index (χ4v) is 1.78. The molecule has 2 aromatic carbocycles. The van der Waals surface area contributed by atoms with E-state index in [4.69, 9.17) is 9.84 Å². The van der Waals surface area contributed by atoms with Gasteiger partial charge in [0.05, 0.1) is 0 Å². The van der Waals surface area contributed by atoms with E-state index in [1.54, 1.807) is 18.2 Å². The van der Waals surface area contributed by atoms with Crippen molar-refractivity contribution in [3.8, 4) is 5.75 Å². The van der Waals surface area contributed by atoms with Crippen LogP contribution in [0, 0.1) is 0 Å². The number of carbonyl (C=O) groups is 1. The summed E-state index contributed by atoms with van der Waals surface area (Å²) >= 11 is 3.35. The van der Waals surface area contributed by atoms with Crippen LogP contribution < -0.4 is 4.74 Å². The molecule has 3 nitrogen and oxygen atoms in total. The van der Waals surface area contributed by atoms with Crippen molar-refractivity contribution in [1.82, 2.24) is 0 Å². The molecule has 0 saturated carbocycles. The maximum Gasteiger partial charge on any atom is 0.339 e. The Labute approximate surface area is 113 Å². The van der Waals surface area contributed by atoms with Crippen LogP contribution in [0.5, 0.6) is 5.75 Å². The van der Waals surface area contributed by atoms with Gasteiger partial charge in [-0.25, -0.2) is 4.79 Å². The molecule has 0 saturated heterocycles. The summed E-state index contributed by atoms with van der Waals surface area (Å²) in [6.07, 6.45) is 0. The van der Waals surface area contributed by atoms with Crippen molar-refractivity contribution in [3.63, 3.8) is 0 Å². The summed E-state index contributed by atoms with van der Waals surface area (Å²) in [5, 5.41) is 9.01. The molecule has 0 atom stereocenters. The second kappa shape index (κ2) is 5.69. The molecule has 0 radical (unpaired) electrons. The van der Waals surface area contributed by atoms with Crippen LogP contribution in [0.4, 0.5) is 0 Å². The Morgan fingerprint density at radius 3 is 2.44 bits per heavy atom. The molecule has 0 spiro atoms. The molecule has 0 fully saturated rings. The summed E-state index contributed by atoms with van der Waals surface area (Å²) in [7, 11) is 0. The topological polar surface area (TPSA) is 46.5 Å². The number of aromatic carboxylic acids is 1. The van der Waals surface area contributed by atoms with Gasteiger partial charge in [0.15, 0.2) is 0 Å². The number of halogens is 1. The Morgan fingerprint density at radius 1 is 1.11 bits per heavy atom. The third-order valence-electron chi connectivity index (χ3n) is 2.43. The number of carboxylic acid groups (broad SMARTS) is 1. The SMILES string of the molecule is O=C(O)c1ccccc1OCc1ccc(Br)cc1. The lowest BCUT2D eigenvalue weighted by molar-refractivity contribution is 0.0692. The predicted octanol–water partition coefficient (Wildman–Crippen LogP) is 3.73. The van der Waals surface area contributed by atoms with E-state index in [2.05, 4.69) is 15.9 Å². The Bertz CT molecular complexity index is 549. The van der Waals surface area contributed by atoms with E-state index in [0.717, 1.165) is 10.0 Å². The van der Waals surface area contributed by atoms with Crippen LogP contribution in [0.1, 0.15) is 15.9 Å². The normalized spacial score (nSPS) is 10.1. The zero-order valence-electron chi connectivity index (χ0n) is 9.47. The summed E-state index contributed by atoms with van der Waals surface area (Å²) < 4.78 is 6.53. The van der Waals surface area contributed by atoms with Crippen LogP contribution >= 0.6 is 15.9 Å². The van der Waals surface area contributed by atoms with E-state index in [0.29, 0.717) is 12.4 Å². The van der Waals surface area contributed by atoms with Crippen molar-refractivity contribution in [2.45, 2.75) is 6.61 Å². The van der Waals surface area contributed by atoms with Gasteiger partial charge >= 0.3 is 5.97 Å². The molecule has 0 aliphatic heterocycles. The average Bonchev–Trinajstić information content (AvgIpc) is 2.38. The molecule has 2 aromatic rings. The number of hydrogen-bond acceptors (Lipinski definition) is 2. The lowest BCUT2D eigenvalue weighted by Crippen LogP contribution is -2.03. The van der Waals surface area contributed by atoms with Crippen LogP contribution in [-0.2, 0) is 6.61 Å². The summed E-state index contributed by atoms with van der Waals surface area (Å²) in [5.41, 5.74) is 1.16. The fraction of sp³-hybridized carbons (Fsp3) is 0.0714. The Hall–Kier alpha value is -1.81. The van der Waals surface area contributed by atoms with Gasteiger partial charge in [-0.3, -0.25) is 0 Å². The molecule has 92 valence electrons. The smallest absolute Gasteiger partial charge is 0.339 e. The summed E-state index contributed by atoms with van der Waals surface area (Å²) in [5.74, 6) is -0.602. The van der Waals surface area contributed by atoms with E-state index in [1.165, 1.54) is 6.07 Å². The van der Waals surface area contributed by atoms with Crippen molar-refractivity contribution >= 4 is 21.9 Å². The van der Waals surface area contributed by atoms with Gasteiger partial charge in [0.2, 0.25) is 0 Å². The van der Waals surface area contributed by atoms with Gasteiger partial charge in [0.25, 0.3) is 0 Å². The number of rotatable bonds is 4. The van der Waals surface area contributed by atoms with Crippen molar-refractivity contribution in [3.05, 3.63) is 64.1 Å². The Balaban J connectivity index is 2.10. The van der Waals surface area contributed by atoms with E-state index < -0.39 is 5.97 Å². The molecule has 0 bridgehead atoms. The largest absolute Gasteiger partial charge is 0.488 e. The molecule has 0 heterocycles. The highest BCUT2D eigenvalue weighted by Crippen LogP contribution is 2.19. The van der Waals surface area contributed by atoms with Gasteiger partial charge in [0.1, 0.15) is 17.9 Å². The zero-order chi connectivity index (χ0) is 13.0. The minimum Gasteiger partial charge on any atom is -0.488 e. The molecule has 18 heavy (non-hydrogen) atoms. The predicted molar refractivity (Wildman–Crippen MR) is 71.9 cm³/mol. The van der Waals surface area contributed by atoms with Crippen LogP contribution in [-0.4, -0.2) is 11.1 Å². The molecular weight excluding hydrogens is 296 g/mol. The third-order valence-corrected chi connectivity index (χ3v) is 2.95. The molecule has 0 aromatic heterocycles. The van der Waals surface area contributed by atoms with Crippen molar-refractivity contribution in [1.29, 1.82) is 0 Å². The van der Waals surface area contributed by atoms with Gasteiger partial charge in [0, 0.05) is 4.47 Å². The molecule has 2 rings (SSSR count). The molecule has 0 aliphatic rings. The molecule has 4 heteroatoms. The molecule has 0 unspecified atom stereocenters. The summed E-state index contributed by atoms with van der Waals surface area (Å²) in [4.78, 5) is 11.0. The number of ether oxygens (including phenoxy) is 1. The number of benzene rings is 2. The number of hydrogen-bond donors (Lipinski definition) is 1. The van der Waals surface area contributed by atoms with Crippen molar-refractivity contribution < 1.29 is 14.6 Å². The summed E-state index contributed by atoms with van der Waals surface area (Å²) in [6.45, 7) is 0.345. The van der Waals surface area contributed by atoms with Crippen LogP contribution in [0.15, 0.2) is 53.0 Å². The van der Waals surface area contributed by atoms with E-state index in [-0.39, 0.29) is 5.56 Å². The van der Waals surface area contributed by atoms with Crippen LogP contribution in [0.2, 0.25) is 0 Å². The molecule has 0 amide bonds. The standard InChI is InChI=1S/C14H11BrO3/c15-11-7-5-10(6-8-11)9-18-13-4-2-1-3-12(13)14(16)17/h1-8H,9H2,(H,16,17). The summed E-state index contributed by atoms with van der Waals surface area (Å²) in [6, 6.07) is 14.3. The zero-order valence-corrected chi connectivity index (χ0v) is 11.1. The van der Waals surface area contributed by atoms with Gasteiger partial charge in [-0.1, -0.05) is 40.2 Å². The lowest BCUT2D eigenvalue weighted by Gasteiger charge is -2.08. The van der Waals surface area contributed by atoms with Gasteiger partial charge in [-0.05, 0) is 29.8 Å². The highest BCUT2D eigenvalue weighted by molar-refractivity contribution is 9.10. The highest BCUT2D eigenvalue weighted by Gasteiger charge is 2.09. The maximum atomic E-state index is 11.0. The minimum atomic E-state index is -0.985. The third kappa shape index (κ3) is 3.11. The van der Waals surface area contributed by atoms with Crippen molar-refractivity contribution in [2.75, 3.05) is 0 Å². The number of carboxylic acids is 1. The molecular formula is C14H11BrO3. The minimum absolute atomic E-state index is 0.176. The van der Waals surface area contributed by atoms with Gasteiger partial charge in [-0.15, -0.1) is 0 Å². The lowest BCUT2D eigenvalue weighted by atomic mass is 10.2. The first-order chi connectivity index (χ1) is 8.66. The van der Waals surface area contributed by atoms with E-state index in [1.807, 2.05) is 24.3 Å². The fourth-order valence-electron chi connectivity index (χ4n) is 1.51. The number of para-hydroxylation sites is 1. The highest BCUT2D eigenvalue weighted by atomic mass is 79.9. The Morgan fingerprint density at radius 2 is 1.78 bits per heavy atom.